The van der Waals surface area contributed by atoms with Crippen molar-refractivity contribution in [2.24, 2.45) is 0 Å². The lowest BCUT2D eigenvalue weighted by atomic mass is 10.1. The molecular formula is C21H26N2O5S. The van der Waals surface area contributed by atoms with Gasteiger partial charge in [-0.15, -0.1) is 0 Å². The zero-order valence-corrected chi connectivity index (χ0v) is 17.7. The molecule has 1 fully saturated rings. The molecule has 1 heterocycles. The molecule has 0 saturated carbocycles. The van der Waals surface area contributed by atoms with E-state index in [1.807, 2.05) is 0 Å². The molecule has 2 aromatic rings. The first-order valence-corrected chi connectivity index (χ1v) is 10.9. The molecule has 0 atom stereocenters. The quantitative estimate of drug-likeness (QED) is 0.777. The third kappa shape index (κ3) is 4.54. The Morgan fingerprint density at radius 1 is 1.00 bits per heavy atom. The van der Waals surface area contributed by atoms with Crippen molar-refractivity contribution in [1.82, 2.24) is 4.31 Å². The van der Waals surface area contributed by atoms with E-state index in [0.29, 0.717) is 41.4 Å². The van der Waals surface area contributed by atoms with Crippen LogP contribution in [0.1, 0.15) is 35.2 Å². The first-order valence-electron chi connectivity index (χ1n) is 9.51. The van der Waals surface area contributed by atoms with Gasteiger partial charge in [-0.1, -0.05) is 12.5 Å². The third-order valence-corrected chi connectivity index (χ3v) is 6.96. The van der Waals surface area contributed by atoms with Crippen LogP contribution in [-0.4, -0.2) is 45.9 Å². The predicted molar refractivity (Wildman–Crippen MR) is 111 cm³/mol. The maximum Gasteiger partial charge on any atom is 0.256 e. The number of sulfonamides is 1. The number of amides is 1. The van der Waals surface area contributed by atoms with E-state index in [1.165, 1.54) is 24.6 Å². The largest absolute Gasteiger partial charge is 0.497 e. The molecule has 0 aromatic heterocycles. The van der Waals surface area contributed by atoms with Gasteiger partial charge in [0.2, 0.25) is 10.0 Å². The topological polar surface area (TPSA) is 84.9 Å². The number of piperidine rings is 1. The summed E-state index contributed by atoms with van der Waals surface area (Å²) in [5.74, 6) is 0.637. The van der Waals surface area contributed by atoms with E-state index < -0.39 is 15.9 Å². The van der Waals surface area contributed by atoms with Gasteiger partial charge < -0.3 is 14.8 Å². The van der Waals surface area contributed by atoms with E-state index in [0.717, 1.165) is 19.3 Å². The Kier molecular flexibility index (Phi) is 6.44. The lowest BCUT2D eigenvalue weighted by Gasteiger charge is -2.26. The summed E-state index contributed by atoms with van der Waals surface area (Å²) in [6.45, 7) is 2.80. The molecule has 8 heteroatoms. The van der Waals surface area contributed by atoms with Crippen LogP contribution in [0.25, 0.3) is 0 Å². The van der Waals surface area contributed by atoms with E-state index in [1.54, 1.807) is 37.3 Å². The van der Waals surface area contributed by atoms with Gasteiger partial charge in [-0.2, -0.15) is 4.31 Å². The number of hydrogen-bond acceptors (Lipinski definition) is 5. The Labute approximate surface area is 171 Å². The summed E-state index contributed by atoms with van der Waals surface area (Å²) in [5, 5.41) is 2.80. The fourth-order valence-electron chi connectivity index (χ4n) is 3.36. The molecule has 0 spiro atoms. The summed E-state index contributed by atoms with van der Waals surface area (Å²) < 4.78 is 37.9. The highest BCUT2D eigenvalue weighted by atomic mass is 32.2. The summed E-state index contributed by atoms with van der Waals surface area (Å²) in [6, 6.07) is 9.74. The minimum atomic E-state index is -3.62. The molecular weight excluding hydrogens is 392 g/mol. The minimum Gasteiger partial charge on any atom is -0.497 e. The van der Waals surface area contributed by atoms with Crippen LogP contribution >= 0.6 is 0 Å². The van der Waals surface area contributed by atoms with Gasteiger partial charge in [0.15, 0.2) is 0 Å². The molecule has 1 saturated heterocycles. The van der Waals surface area contributed by atoms with Crippen LogP contribution in [0.3, 0.4) is 0 Å². The van der Waals surface area contributed by atoms with Crippen LogP contribution < -0.4 is 14.8 Å². The molecule has 156 valence electrons. The minimum absolute atomic E-state index is 0.132. The summed E-state index contributed by atoms with van der Waals surface area (Å²) in [7, 11) is -0.580. The van der Waals surface area contributed by atoms with Crippen molar-refractivity contribution in [3.8, 4) is 11.5 Å². The molecule has 0 aliphatic carbocycles. The Morgan fingerprint density at radius 3 is 2.38 bits per heavy atom. The molecule has 0 unspecified atom stereocenters. The standard InChI is InChI=1S/C21H26N2O5S/c1-15-7-9-17(29(25,26)23-11-5-4-6-12-23)14-18(15)21(24)22-19-13-16(27-2)8-10-20(19)28-3/h7-10,13-14H,4-6,11-12H2,1-3H3,(H,22,24). The lowest BCUT2D eigenvalue weighted by molar-refractivity contribution is 0.102. The van der Waals surface area contributed by atoms with Gasteiger partial charge in [0, 0.05) is 24.7 Å². The number of carbonyl (C=O) groups is 1. The van der Waals surface area contributed by atoms with Gasteiger partial charge in [-0.05, 0) is 49.6 Å². The van der Waals surface area contributed by atoms with Crippen molar-refractivity contribution in [3.05, 3.63) is 47.5 Å². The monoisotopic (exact) mass is 418 g/mol. The van der Waals surface area contributed by atoms with E-state index in [4.69, 9.17) is 9.47 Å². The number of methoxy groups -OCH3 is 2. The fraction of sp³-hybridized carbons (Fsp3) is 0.381. The van der Waals surface area contributed by atoms with Crippen LogP contribution in [0.15, 0.2) is 41.3 Å². The van der Waals surface area contributed by atoms with Crippen LogP contribution in [0, 0.1) is 6.92 Å². The Hall–Kier alpha value is -2.58. The zero-order valence-electron chi connectivity index (χ0n) is 16.9. The Morgan fingerprint density at radius 2 is 1.72 bits per heavy atom. The lowest BCUT2D eigenvalue weighted by Crippen LogP contribution is -2.35. The molecule has 7 nitrogen and oxygen atoms in total. The predicted octanol–water partition coefficient (Wildman–Crippen LogP) is 3.44. The second kappa shape index (κ2) is 8.84. The second-order valence-electron chi connectivity index (χ2n) is 6.96. The average Bonchev–Trinajstić information content (AvgIpc) is 2.74. The second-order valence-corrected chi connectivity index (χ2v) is 8.90. The van der Waals surface area contributed by atoms with Crippen LogP contribution in [0.5, 0.6) is 11.5 Å². The van der Waals surface area contributed by atoms with Crippen molar-refractivity contribution in [2.75, 3.05) is 32.6 Å². The zero-order chi connectivity index (χ0) is 21.0. The van der Waals surface area contributed by atoms with Gasteiger partial charge in [-0.3, -0.25) is 4.79 Å². The SMILES string of the molecule is COc1ccc(OC)c(NC(=O)c2cc(S(=O)(=O)N3CCCCC3)ccc2C)c1. The molecule has 0 radical (unpaired) electrons. The van der Waals surface area contributed by atoms with Crippen molar-refractivity contribution >= 4 is 21.6 Å². The van der Waals surface area contributed by atoms with E-state index in [9.17, 15) is 13.2 Å². The third-order valence-electron chi connectivity index (χ3n) is 5.06. The van der Waals surface area contributed by atoms with Gasteiger partial charge >= 0.3 is 0 Å². The first-order chi connectivity index (χ1) is 13.9. The maximum absolute atomic E-state index is 13.0. The van der Waals surface area contributed by atoms with E-state index in [2.05, 4.69) is 5.32 Å². The highest BCUT2D eigenvalue weighted by Crippen LogP contribution is 2.30. The summed E-state index contributed by atoms with van der Waals surface area (Å²) in [6.07, 6.45) is 2.75. The number of benzene rings is 2. The normalized spacial score (nSPS) is 15.0. The number of rotatable bonds is 6. The smallest absolute Gasteiger partial charge is 0.256 e. The number of anilines is 1. The number of aryl methyl sites for hydroxylation is 1. The molecule has 1 amide bonds. The number of carbonyl (C=O) groups excluding carboxylic acids is 1. The average molecular weight is 419 g/mol. The molecule has 2 aromatic carbocycles. The molecule has 29 heavy (non-hydrogen) atoms. The molecule has 3 rings (SSSR count). The van der Waals surface area contributed by atoms with Gasteiger partial charge in [0.25, 0.3) is 5.91 Å². The van der Waals surface area contributed by atoms with Gasteiger partial charge in [0.1, 0.15) is 11.5 Å². The maximum atomic E-state index is 13.0. The molecule has 1 aliphatic heterocycles. The number of nitrogens with one attached hydrogen (secondary N) is 1. The molecule has 0 bridgehead atoms. The van der Waals surface area contributed by atoms with Crippen molar-refractivity contribution in [3.63, 3.8) is 0 Å². The summed E-state index contributed by atoms with van der Waals surface area (Å²) in [5.41, 5.74) is 1.43. The Bertz CT molecular complexity index is 998. The van der Waals surface area contributed by atoms with Crippen LogP contribution in [0.4, 0.5) is 5.69 Å². The summed E-state index contributed by atoms with van der Waals surface area (Å²) in [4.78, 5) is 13.1. The highest BCUT2D eigenvalue weighted by molar-refractivity contribution is 7.89. The fourth-order valence-corrected chi connectivity index (χ4v) is 4.91. The van der Waals surface area contributed by atoms with Gasteiger partial charge in [-0.25, -0.2) is 8.42 Å². The van der Waals surface area contributed by atoms with E-state index in [-0.39, 0.29) is 4.90 Å². The first kappa shape index (κ1) is 21.1. The molecule has 1 aliphatic rings. The number of ether oxygens (including phenoxy) is 2. The van der Waals surface area contributed by atoms with Crippen molar-refractivity contribution in [2.45, 2.75) is 31.1 Å². The molecule has 1 N–H and O–H groups in total. The number of nitrogens with zero attached hydrogens (tertiary/aromatic N) is 1. The van der Waals surface area contributed by atoms with Crippen molar-refractivity contribution in [1.29, 1.82) is 0 Å². The highest BCUT2D eigenvalue weighted by Gasteiger charge is 2.27. The summed E-state index contributed by atoms with van der Waals surface area (Å²) >= 11 is 0. The van der Waals surface area contributed by atoms with Crippen LogP contribution in [-0.2, 0) is 10.0 Å². The number of hydrogen-bond donors (Lipinski definition) is 1. The van der Waals surface area contributed by atoms with E-state index >= 15 is 0 Å². The Balaban J connectivity index is 1.91. The van der Waals surface area contributed by atoms with Crippen LogP contribution in [0.2, 0.25) is 0 Å². The van der Waals surface area contributed by atoms with Gasteiger partial charge in [0.05, 0.1) is 24.8 Å². The van der Waals surface area contributed by atoms with Crippen molar-refractivity contribution < 1.29 is 22.7 Å².